The molecule has 85 heavy (non-hydrogen) atoms. The second-order valence-electron chi connectivity index (χ2n) is 23.8. The van der Waals surface area contributed by atoms with E-state index in [2.05, 4.69) is 5.32 Å². The van der Waals surface area contributed by atoms with Gasteiger partial charge in [0.1, 0.15) is 52.3 Å². The summed E-state index contributed by atoms with van der Waals surface area (Å²) in [5, 5.41) is 13.9. The molecule has 3 saturated heterocycles. The first-order valence-electron chi connectivity index (χ1n) is 30.0. The van der Waals surface area contributed by atoms with Crippen molar-refractivity contribution < 1.29 is 78.1 Å². The molecule has 9 atom stereocenters. The van der Waals surface area contributed by atoms with Crippen LogP contribution in [0, 0.1) is 29.6 Å². The number of carbonyl (C=O) groups excluding carboxylic acids is 10. The Morgan fingerprint density at radius 3 is 2.07 bits per heavy atom. The molecule has 8 rings (SSSR count). The predicted octanol–water partition coefficient (Wildman–Crippen LogP) is 7.10. The van der Waals surface area contributed by atoms with Crippen molar-refractivity contribution in [3.63, 3.8) is 0 Å². The molecule has 23 heteroatoms. The van der Waals surface area contributed by atoms with Crippen molar-refractivity contribution >= 4 is 88.1 Å². The van der Waals surface area contributed by atoms with Crippen LogP contribution in [0.3, 0.4) is 0 Å². The quantitative estimate of drug-likeness (QED) is 0.101. The number of Topliss-reactive ketones (excluding diaryl/α,β-unsaturated/α-hetero) is 2. The summed E-state index contributed by atoms with van der Waals surface area (Å²) in [5.74, 6) is -1.44. The fourth-order valence-corrected chi connectivity index (χ4v) is 13.7. The normalized spacial score (nSPS) is 31.9. The number of aliphatic hydroxyl groups is 1. The molecule has 2 aliphatic carbocycles. The summed E-state index contributed by atoms with van der Waals surface area (Å²) in [5.41, 5.74) is -1.13. The number of benzene rings is 1. The number of carbonyl (C=O) groups is 10. The van der Waals surface area contributed by atoms with Gasteiger partial charge in [0.05, 0.1) is 30.6 Å². The van der Waals surface area contributed by atoms with Crippen molar-refractivity contribution in [2.24, 2.45) is 29.6 Å². The zero-order valence-electron chi connectivity index (χ0n) is 51.9. The van der Waals surface area contributed by atoms with Gasteiger partial charge in [0.25, 0.3) is 11.8 Å². The number of amides is 7. The van der Waals surface area contributed by atoms with E-state index in [1.54, 1.807) is 59.0 Å². The number of nitrogens with one attached hydrogen (secondary N) is 1. The lowest BCUT2D eigenvalue weighted by Crippen LogP contribution is -2.63. The molecule has 7 amide bonds. The van der Waals surface area contributed by atoms with Gasteiger partial charge < -0.3 is 38.6 Å². The molecule has 5 heterocycles. The third kappa shape index (κ3) is 16.4. The number of halogens is 1. The van der Waals surface area contributed by atoms with E-state index < -0.39 is 76.8 Å². The summed E-state index contributed by atoms with van der Waals surface area (Å²) in [6, 6.07) is 2.43. The van der Waals surface area contributed by atoms with Crippen molar-refractivity contribution in [3.05, 3.63) is 58.7 Å². The molecule has 0 radical (unpaired) electrons. The number of nitrogens with zero attached hydrogens (tertiary/aromatic N) is 4. The van der Waals surface area contributed by atoms with E-state index in [-0.39, 0.29) is 89.4 Å². The molecule has 468 valence electrons. The molecular formula is C62H86ClN5O16S. The predicted molar refractivity (Wildman–Crippen MR) is 318 cm³/mol. The molecule has 1 aromatic rings. The molecule has 21 nitrogen and oxygen atoms in total. The molecule has 1 unspecified atom stereocenters. The van der Waals surface area contributed by atoms with Crippen LogP contribution in [0.5, 0.6) is 5.75 Å². The Balaban J connectivity index is 0.000000528. The molecule has 0 spiro atoms. The number of fused-ring (bicyclic) bond motifs is 5. The van der Waals surface area contributed by atoms with Crippen LogP contribution in [0.2, 0.25) is 5.02 Å². The minimum absolute atomic E-state index is 0.0292. The van der Waals surface area contributed by atoms with E-state index in [0.29, 0.717) is 36.9 Å². The average molecular weight is 1230 g/mol. The highest BCUT2D eigenvalue weighted by atomic mass is 35.5. The number of hydrogen-bond acceptors (Lipinski definition) is 17. The van der Waals surface area contributed by atoms with Gasteiger partial charge in [0.2, 0.25) is 23.6 Å². The zero-order chi connectivity index (χ0) is 63.5. The van der Waals surface area contributed by atoms with E-state index in [4.69, 9.17) is 36.7 Å². The molecule has 4 bridgehead atoms. The summed E-state index contributed by atoms with van der Waals surface area (Å²) in [6.07, 6.45) is 9.89. The van der Waals surface area contributed by atoms with Crippen LogP contribution in [0.15, 0.2) is 48.1 Å². The topological polar surface area (TPSA) is 265 Å². The Bertz CT molecular complexity index is 2800. The lowest BCUT2D eigenvalue weighted by atomic mass is 9.80. The maximum atomic E-state index is 14.3. The van der Waals surface area contributed by atoms with Crippen molar-refractivity contribution in [1.82, 2.24) is 20.0 Å². The van der Waals surface area contributed by atoms with Gasteiger partial charge in [-0.2, -0.15) is 0 Å². The number of rotatable bonds is 15. The number of anilines is 1. The Hall–Kier alpha value is -5.94. The van der Waals surface area contributed by atoms with Crippen molar-refractivity contribution in [2.75, 3.05) is 52.1 Å². The first-order valence-corrected chi connectivity index (χ1v) is 30.5. The van der Waals surface area contributed by atoms with Crippen LogP contribution >= 0.6 is 23.4 Å². The van der Waals surface area contributed by atoms with E-state index >= 15 is 0 Å². The monoisotopic (exact) mass is 1220 g/mol. The van der Waals surface area contributed by atoms with Gasteiger partial charge in [-0.1, -0.05) is 49.7 Å². The number of hydrogen-bond donors (Lipinski definition) is 2. The summed E-state index contributed by atoms with van der Waals surface area (Å²) in [7, 11) is 7.16. The molecule has 2 N–H and O–H groups in total. The number of thioether (sulfide) groups is 1. The fraction of sp³-hybridized carbons (Fsp3) is 0.645. The maximum absolute atomic E-state index is 14.3. The molecular weight excluding hydrogens is 1140 g/mol. The van der Waals surface area contributed by atoms with Gasteiger partial charge in [-0.25, -0.2) is 9.59 Å². The highest BCUT2D eigenvalue weighted by molar-refractivity contribution is 8.00. The number of ether oxygens (including phenoxy) is 5. The second-order valence-corrected chi connectivity index (χ2v) is 25.5. The Morgan fingerprint density at radius 2 is 1.51 bits per heavy atom. The summed E-state index contributed by atoms with van der Waals surface area (Å²) in [6.45, 7) is 11.0. The zero-order valence-corrected chi connectivity index (χ0v) is 52.4. The minimum atomic E-state index is -1.87. The first kappa shape index (κ1) is 66.6. The third-order valence-electron chi connectivity index (χ3n) is 18.0. The van der Waals surface area contributed by atoms with Crippen LogP contribution in [-0.4, -0.2) is 173 Å². The van der Waals surface area contributed by atoms with Crippen LogP contribution in [-0.2, 0) is 68.5 Å². The minimum Gasteiger partial charge on any atom is -0.495 e. The van der Waals surface area contributed by atoms with Gasteiger partial charge in [-0.3, -0.25) is 53.5 Å². The maximum Gasteiger partial charge on any atom is 0.409 e. The Morgan fingerprint density at radius 1 is 0.918 bits per heavy atom. The number of likely N-dealkylation sites (N-methyl/N-ethyl adjacent to an activating group) is 1. The van der Waals surface area contributed by atoms with Gasteiger partial charge in [0.15, 0.2) is 5.72 Å². The fourth-order valence-electron chi connectivity index (χ4n) is 12.3. The largest absolute Gasteiger partial charge is 0.495 e. The van der Waals surface area contributed by atoms with Crippen LogP contribution < -0.4 is 15.0 Å². The van der Waals surface area contributed by atoms with Crippen LogP contribution in [0.25, 0.3) is 0 Å². The van der Waals surface area contributed by atoms with Gasteiger partial charge in [-0.05, 0) is 122 Å². The standard InChI is InChI=1S/C48H65ClN4O13S.C13H17NO3.CH4/c1-26-11-10-12-37(63-9)48(61)24-35(64-46(60)50-48)27(2)43-47(5,66-43)38(23-40(56)52(7)33-20-31(19-26)21-34(62-8)42(33)49)65-45(59)28(3)51(6)39(55)17-18-67-36-22-41(57)53(44(36)58)25-30-13-15-32(16-14-30)29(4)54;1-9(15)11-4-2-10(3-5-11)8-14-12(16)6-7-13(14)17;/h10-12,20-21,27-28,30,32,35-38,43,61H,13-19,22-25H2,1-9H3,(H,50,60);6-7,10-11H,2-5,8H2,1H3;1H4/b12-10+,26-11+;;/t27-,28+,30?,32?,35+,36?,37-,38+,43-,47+,48+;;/m1../s1/i;;1D. The summed E-state index contributed by atoms with van der Waals surface area (Å²) >= 11 is 8.04. The number of allylic oxidation sites excluding steroid dienone is 3. The molecule has 0 aromatic heterocycles. The third-order valence-corrected chi connectivity index (χ3v) is 19.6. The highest BCUT2D eigenvalue weighted by Crippen LogP contribution is 2.49. The van der Waals surface area contributed by atoms with E-state index in [9.17, 15) is 53.1 Å². The SMILES string of the molecule is CC(=O)C1CCC(CN2C(=O)C=CC2=O)CC1.COc1cc2cc(c1Cl)N(C)C(=O)C[C@H](OC(=O)[C@H](C)N(C)C(=O)CCSC1CC(=O)N(CC3CCC(C(C)=O)CC3)C1=O)[C@]1(C)O[C@@H]1[C@H](C)[C@@H]1C[C@@](O)(NC(=O)O1)[C@H](OC)/C=C/C=C(\C)C2.[2H]C. The van der Waals surface area contributed by atoms with Gasteiger partial charge in [-0.15, -0.1) is 11.8 Å². The van der Waals surface area contributed by atoms with Gasteiger partial charge >= 0.3 is 12.1 Å². The number of imide groups is 2. The lowest BCUT2D eigenvalue weighted by Gasteiger charge is -2.42. The highest BCUT2D eigenvalue weighted by Gasteiger charge is 2.64. The van der Waals surface area contributed by atoms with Crippen molar-refractivity contribution in [2.45, 2.75) is 179 Å². The van der Waals surface area contributed by atoms with E-state index in [0.717, 1.165) is 62.5 Å². The van der Waals surface area contributed by atoms with E-state index in [1.807, 2.05) is 13.0 Å². The number of alkyl carbamates (subject to hydrolysis) is 1. The van der Waals surface area contributed by atoms with E-state index in [1.165, 1.54) is 79.1 Å². The molecule has 5 fully saturated rings. The second kappa shape index (κ2) is 29.2. The molecule has 1 aromatic carbocycles. The van der Waals surface area contributed by atoms with Crippen molar-refractivity contribution in [1.29, 1.82) is 0 Å². The van der Waals surface area contributed by atoms with Crippen LogP contribution in [0.4, 0.5) is 10.5 Å². The lowest BCUT2D eigenvalue weighted by molar-refractivity contribution is -0.162. The first-order chi connectivity index (χ1) is 40.7. The van der Waals surface area contributed by atoms with Gasteiger partial charge in [0, 0.05) is 90.6 Å². The molecule has 2 saturated carbocycles. The average Bonchev–Trinajstić information content (AvgIpc) is 1.79. The van der Waals surface area contributed by atoms with Crippen molar-refractivity contribution in [3.8, 4) is 5.75 Å². The summed E-state index contributed by atoms with van der Waals surface area (Å²) < 4.78 is 35.2. The number of likely N-dealkylation sites (tertiary alicyclic amines) is 1. The molecule has 5 aliphatic heterocycles. The van der Waals surface area contributed by atoms with Crippen LogP contribution in [0.1, 0.15) is 133 Å². The Kier molecular flexibility index (Phi) is 22.8. The Labute approximate surface area is 509 Å². The summed E-state index contributed by atoms with van der Waals surface area (Å²) in [4.78, 5) is 132. The number of epoxide rings is 1. The number of esters is 1. The number of methoxy groups -OCH3 is 2. The number of ketones is 2. The molecule has 7 aliphatic rings. The smallest absolute Gasteiger partial charge is 0.409 e.